The third kappa shape index (κ3) is 8.01. The molecule has 11 nitrogen and oxygen atoms in total. The average Bonchev–Trinajstić information content (AvgIpc) is 3.16. The Morgan fingerprint density at radius 1 is 1.23 bits per heavy atom. The lowest BCUT2D eigenvalue weighted by molar-refractivity contribution is -0.384. The van der Waals surface area contributed by atoms with E-state index < -0.39 is 35.1 Å². The van der Waals surface area contributed by atoms with E-state index in [4.69, 9.17) is 4.74 Å². The molecule has 0 aliphatic carbocycles. The van der Waals surface area contributed by atoms with Crippen LogP contribution in [0.15, 0.2) is 48.8 Å². The number of nitrogens with one attached hydrogen (secondary N) is 2. The third-order valence-electron chi connectivity index (χ3n) is 5.65. The molecule has 188 valence electrons. The number of alkyl carbamates (subject to hydrolysis) is 1. The van der Waals surface area contributed by atoms with Crippen molar-refractivity contribution in [3.8, 4) is 0 Å². The lowest BCUT2D eigenvalue weighted by Crippen LogP contribution is -2.53. The van der Waals surface area contributed by atoms with Crippen molar-refractivity contribution in [1.29, 1.82) is 0 Å². The number of nitrogens with zero attached hydrogens (tertiary/aromatic N) is 3. The molecule has 0 saturated carbocycles. The molecule has 1 aliphatic rings. The second-order valence-corrected chi connectivity index (χ2v) is 9.06. The number of carbonyl (C=O) groups excluding carboxylic acids is 2. The summed E-state index contributed by atoms with van der Waals surface area (Å²) in [5, 5.41) is 27.0. The molecule has 3 atom stereocenters. The molecule has 2 aromatic rings. The highest BCUT2D eigenvalue weighted by atomic mass is 16.6. The quantitative estimate of drug-likeness (QED) is 0.342. The van der Waals surface area contributed by atoms with Gasteiger partial charge in [0.05, 0.1) is 17.1 Å². The van der Waals surface area contributed by atoms with Crippen LogP contribution in [0.3, 0.4) is 0 Å². The van der Waals surface area contributed by atoms with E-state index in [0.29, 0.717) is 26.1 Å². The van der Waals surface area contributed by atoms with Gasteiger partial charge in [-0.1, -0.05) is 26.0 Å². The van der Waals surface area contributed by atoms with Crippen LogP contribution in [-0.2, 0) is 22.7 Å². The van der Waals surface area contributed by atoms with Crippen molar-refractivity contribution in [3.63, 3.8) is 0 Å². The number of pyridine rings is 1. The van der Waals surface area contributed by atoms with Gasteiger partial charge >= 0.3 is 6.09 Å². The number of hydrogen-bond donors (Lipinski definition) is 3. The maximum atomic E-state index is 13.0. The Bertz CT molecular complexity index is 1020. The number of hydrogen-bond acceptors (Lipinski definition) is 8. The zero-order chi connectivity index (χ0) is 25.4. The van der Waals surface area contributed by atoms with Crippen LogP contribution >= 0.6 is 0 Å². The van der Waals surface area contributed by atoms with Crippen molar-refractivity contribution in [1.82, 2.24) is 20.5 Å². The number of benzene rings is 1. The van der Waals surface area contributed by atoms with Crippen LogP contribution in [-0.4, -0.2) is 63.2 Å². The minimum Gasteiger partial charge on any atom is -0.445 e. The SMILES string of the molecule is CC(C)C[C@H](NC(=O)OCc1ccncc1)C(=O)NC1CN(Cc2cccc([N+](=O)[O-])c2)CC1O. The molecule has 2 unspecified atom stereocenters. The summed E-state index contributed by atoms with van der Waals surface area (Å²) < 4.78 is 5.23. The molecule has 0 spiro atoms. The van der Waals surface area contributed by atoms with Crippen LogP contribution in [0.25, 0.3) is 0 Å². The second-order valence-electron chi connectivity index (χ2n) is 9.06. The molecule has 0 bridgehead atoms. The van der Waals surface area contributed by atoms with Gasteiger partial charge in [-0.2, -0.15) is 0 Å². The first-order valence-electron chi connectivity index (χ1n) is 11.5. The van der Waals surface area contributed by atoms with Gasteiger partial charge in [-0.3, -0.25) is 24.8 Å². The van der Waals surface area contributed by atoms with Crippen molar-refractivity contribution >= 4 is 17.7 Å². The molecule has 2 amide bonds. The first-order chi connectivity index (χ1) is 16.7. The Labute approximate surface area is 203 Å². The maximum absolute atomic E-state index is 13.0. The second kappa shape index (κ2) is 12.2. The van der Waals surface area contributed by atoms with E-state index in [9.17, 15) is 24.8 Å². The zero-order valence-corrected chi connectivity index (χ0v) is 19.8. The molecule has 2 heterocycles. The summed E-state index contributed by atoms with van der Waals surface area (Å²) in [5.41, 5.74) is 1.53. The molecule has 0 radical (unpaired) electrons. The Morgan fingerprint density at radius 3 is 2.66 bits per heavy atom. The summed E-state index contributed by atoms with van der Waals surface area (Å²) in [7, 11) is 0. The number of aliphatic hydroxyl groups is 1. The summed E-state index contributed by atoms with van der Waals surface area (Å²) >= 11 is 0. The number of aromatic nitrogens is 1. The summed E-state index contributed by atoms with van der Waals surface area (Å²) in [4.78, 5) is 41.7. The highest BCUT2D eigenvalue weighted by Crippen LogP contribution is 2.18. The fourth-order valence-electron chi connectivity index (χ4n) is 3.96. The van der Waals surface area contributed by atoms with Crippen LogP contribution in [0.1, 0.15) is 31.4 Å². The van der Waals surface area contributed by atoms with Gasteiger partial charge in [0, 0.05) is 44.2 Å². The van der Waals surface area contributed by atoms with Crippen molar-refractivity contribution in [2.24, 2.45) is 5.92 Å². The van der Waals surface area contributed by atoms with Crippen LogP contribution < -0.4 is 10.6 Å². The molecule has 1 aromatic carbocycles. The number of amides is 2. The van der Waals surface area contributed by atoms with Gasteiger partial charge in [-0.25, -0.2) is 4.79 Å². The number of carbonyl (C=O) groups is 2. The monoisotopic (exact) mass is 485 g/mol. The van der Waals surface area contributed by atoms with Crippen LogP contribution in [0.2, 0.25) is 0 Å². The number of rotatable bonds is 10. The van der Waals surface area contributed by atoms with E-state index >= 15 is 0 Å². The lowest BCUT2D eigenvalue weighted by Gasteiger charge is -2.23. The summed E-state index contributed by atoms with van der Waals surface area (Å²) in [5.74, 6) is -0.272. The molecule has 1 aromatic heterocycles. The minimum absolute atomic E-state index is 0.00511. The topological polar surface area (TPSA) is 147 Å². The summed E-state index contributed by atoms with van der Waals surface area (Å²) in [6, 6.07) is 8.43. The first-order valence-corrected chi connectivity index (χ1v) is 11.5. The van der Waals surface area contributed by atoms with Crippen LogP contribution in [0.4, 0.5) is 10.5 Å². The van der Waals surface area contributed by atoms with Gasteiger partial charge in [-0.15, -0.1) is 0 Å². The molecule has 35 heavy (non-hydrogen) atoms. The third-order valence-corrected chi connectivity index (χ3v) is 5.65. The maximum Gasteiger partial charge on any atom is 0.408 e. The van der Waals surface area contributed by atoms with Crippen molar-refractivity contribution in [2.75, 3.05) is 13.1 Å². The predicted octanol–water partition coefficient (Wildman–Crippen LogP) is 1.99. The lowest BCUT2D eigenvalue weighted by atomic mass is 10.0. The van der Waals surface area contributed by atoms with E-state index in [1.54, 1.807) is 36.7 Å². The smallest absolute Gasteiger partial charge is 0.408 e. The highest BCUT2D eigenvalue weighted by Gasteiger charge is 2.34. The Hall–Kier alpha value is -3.57. The molecule has 3 rings (SSSR count). The van der Waals surface area contributed by atoms with Gasteiger partial charge in [0.15, 0.2) is 0 Å². The Kier molecular flexibility index (Phi) is 9.10. The van der Waals surface area contributed by atoms with E-state index in [0.717, 1.165) is 11.1 Å². The van der Waals surface area contributed by atoms with Gasteiger partial charge in [0.1, 0.15) is 12.6 Å². The number of aliphatic hydroxyl groups excluding tert-OH is 1. The molecule has 1 fully saturated rings. The fourth-order valence-corrected chi connectivity index (χ4v) is 3.96. The summed E-state index contributed by atoms with van der Waals surface area (Å²) in [6.07, 6.45) is 2.08. The Balaban J connectivity index is 1.55. The van der Waals surface area contributed by atoms with E-state index in [2.05, 4.69) is 15.6 Å². The molecule has 11 heteroatoms. The van der Waals surface area contributed by atoms with Gasteiger partial charge in [0.2, 0.25) is 5.91 Å². The van der Waals surface area contributed by atoms with Gasteiger partial charge < -0.3 is 20.5 Å². The van der Waals surface area contributed by atoms with Crippen LogP contribution in [0.5, 0.6) is 0 Å². The van der Waals surface area contributed by atoms with Crippen LogP contribution in [0, 0.1) is 16.0 Å². The van der Waals surface area contributed by atoms with E-state index in [1.165, 1.54) is 12.1 Å². The number of non-ortho nitro benzene ring substituents is 1. The fraction of sp³-hybridized carbons (Fsp3) is 0.458. The van der Waals surface area contributed by atoms with Gasteiger partial charge in [0.25, 0.3) is 5.69 Å². The largest absolute Gasteiger partial charge is 0.445 e. The molecule has 1 aliphatic heterocycles. The van der Waals surface area contributed by atoms with Gasteiger partial charge in [-0.05, 0) is 35.6 Å². The van der Waals surface area contributed by atoms with E-state index in [1.807, 2.05) is 18.7 Å². The molecular formula is C24H31N5O6. The minimum atomic E-state index is -0.821. The van der Waals surface area contributed by atoms with Crippen molar-refractivity contribution in [2.45, 2.75) is 51.6 Å². The number of ether oxygens (including phenoxy) is 1. The number of nitro groups is 1. The summed E-state index contributed by atoms with van der Waals surface area (Å²) in [6.45, 7) is 5.02. The van der Waals surface area contributed by atoms with E-state index in [-0.39, 0.29) is 18.2 Å². The first kappa shape index (κ1) is 26.0. The van der Waals surface area contributed by atoms with Crippen molar-refractivity contribution < 1.29 is 24.4 Å². The Morgan fingerprint density at radius 2 is 1.97 bits per heavy atom. The molecule has 3 N–H and O–H groups in total. The predicted molar refractivity (Wildman–Crippen MR) is 127 cm³/mol. The van der Waals surface area contributed by atoms with Crippen molar-refractivity contribution in [3.05, 3.63) is 70.0 Å². The number of nitro benzene ring substituents is 1. The number of β-amino-alcohol motifs (C(OH)–C–C–N with tert-alkyl or cyclic N) is 1. The normalized spacial score (nSPS) is 18.7. The standard InChI is InChI=1S/C24H31N5O6/c1-16(2)10-20(27-24(32)35-15-17-6-8-25-9-7-17)23(31)26-21-13-28(14-22(21)30)12-18-4-3-5-19(11-18)29(33)34/h3-9,11,16,20-22,30H,10,12-15H2,1-2H3,(H,26,31)(H,27,32)/t20-,21?,22?/m0/s1. The average molecular weight is 486 g/mol. The molecule has 1 saturated heterocycles. The molecular weight excluding hydrogens is 454 g/mol. The zero-order valence-electron chi connectivity index (χ0n) is 19.8. The highest BCUT2D eigenvalue weighted by molar-refractivity contribution is 5.85. The number of likely N-dealkylation sites (tertiary alicyclic amines) is 1.